The third-order valence-corrected chi connectivity index (χ3v) is 2.40. The van der Waals surface area contributed by atoms with Crippen LogP contribution in [0, 0.1) is 0 Å². The van der Waals surface area contributed by atoms with E-state index in [1.807, 2.05) is 6.92 Å². The molecule has 0 aliphatic rings. The van der Waals surface area contributed by atoms with Crippen LogP contribution < -0.4 is 10.1 Å². The van der Waals surface area contributed by atoms with Gasteiger partial charge in [-0.05, 0) is 6.92 Å². The first kappa shape index (κ1) is 14.2. The third kappa shape index (κ3) is 3.89. The third-order valence-electron chi connectivity index (χ3n) is 2.40. The summed E-state index contributed by atoms with van der Waals surface area (Å²) in [5.74, 6) is 0.947. The van der Waals surface area contributed by atoms with E-state index in [9.17, 15) is 0 Å². The largest absolute Gasteiger partial charge is 0.463 e. The van der Waals surface area contributed by atoms with Crippen LogP contribution >= 0.6 is 0 Å². The van der Waals surface area contributed by atoms with Crippen LogP contribution in [-0.2, 0) is 4.74 Å². The number of nitrogens with zero attached hydrogens (tertiary/aromatic N) is 5. The summed E-state index contributed by atoms with van der Waals surface area (Å²) in [6.07, 6.45) is 5.83. The summed E-state index contributed by atoms with van der Waals surface area (Å²) < 4.78 is 12.2. The van der Waals surface area contributed by atoms with Crippen molar-refractivity contribution < 1.29 is 9.47 Å². The van der Waals surface area contributed by atoms with Gasteiger partial charge in [0.2, 0.25) is 11.9 Å². The number of aromatic nitrogens is 5. The average Bonchev–Trinajstić information content (AvgIpc) is 2.98. The molecule has 108 valence electrons. The summed E-state index contributed by atoms with van der Waals surface area (Å²) in [5, 5.41) is 3.05. The lowest BCUT2D eigenvalue weighted by Gasteiger charge is -2.08. The zero-order chi connectivity index (χ0) is 14.2. The smallest absolute Gasteiger partial charge is 0.323 e. The van der Waals surface area contributed by atoms with Crippen LogP contribution in [0.2, 0.25) is 0 Å². The molecular weight excluding hydrogens is 260 g/mol. The van der Waals surface area contributed by atoms with Crippen molar-refractivity contribution in [3.05, 3.63) is 18.7 Å². The number of nitrogens with one attached hydrogen (secondary N) is 1. The zero-order valence-electron chi connectivity index (χ0n) is 11.6. The topological polar surface area (TPSA) is 87.0 Å². The minimum Gasteiger partial charge on any atom is -0.463 e. The van der Waals surface area contributed by atoms with Crippen LogP contribution in [0.5, 0.6) is 6.01 Å². The molecule has 0 bridgehead atoms. The van der Waals surface area contributed by atoms with E-state index in [4.69, 9.17) is 9.47 Å². The van der Waals surface area contributed by atoms with Gasteiger partial charge in [-0.15, -0.1) is 0 Å². The van der Waals surface area contributed by atoms with Gasteiger partial charge in [-0.1, -0.05) is 0 Å². The average molecular weight is 278 g/mol. The fourth-order valence-corrected chi connectivity index (χ4v) is 1.51. The van der Waals surface area contributed by atoms with E-state index in [-0.39, 0.29) is 6.01 Å². The molecule has 0 unspecified atom stereocenters. The molecule has 2 aromatic rings. The van der Waals surface area contributed by atoms with Gasteiger partial charge in [-0.25, -0.2) is 4.98 Å². The lowest BCUT2D eigenvalue weighted by molar-refractivity contribution is 0.168. The van der Waals surface area contributed by atoms with Crippen LogP contribution in [0.1, 0.15) is 13.3 Å². The van der Waals surface area contributed by atoms with Crippen molar-refractivity contribution in [2.45, 2.75) is 13.3 Å². The Bertz CT molecular complexity index is 517. The molecule has 1 N–H and O–H groups in total. The van der Waals surface area contributed by atoms with Gasteiger partial charge in [-0.3, -0.25) is 4.57 Å². The molecule has 0 aliphatic carbocycles. The van der Waals surface area contributed by atoms with Crippen molar-refractivity contribution in [3.63, 3.8) is 0 Å². The van der Waals surface area contributed by atoms with Gasteiger partial charge in [-0.2, -0.15) is 15.0 Å². The second-order valence-electron chi connectivity index (χ2n) is 3.94. The molecule has 2 aromatic heterocycles. The predicted molar refractivity (Wildman–Crippen MR) is 73.1 cm³/mol. The first-order chi connectivity index (χ1) is 9.83. The number of anilines is 1. The van der Waals surface area contributed by atoms with Gasteiger partial charge in [0.1, 0.15) is 6.33 Å². The molecule has 0 saturated carbocycles. The van der Waals surface area contributed by atoms with Crippen LogP contribution in [-0.4, -0.2) is 51.4 Å². The summed E-state index contributed by atoms with van der Waals surface area (Å²) in [4.78, 5) is 16.7. The fraction of sp³-hybridized carbons (Fsp3) is 0.500. The normalized spacial score (nSPS) is 10.5. The van der Waals surface area contributed by atoms with Crippen LogP contribution in [0.15, 0.2) is 18.7 Å². The molecule has 0 aromatic carbocycles. The summed E-state index contributed by atoms with van der Waals surface area (Å²) in [6.45, 7) is 3.82. The molecule has 8 nitrogen and oxygen atoms in total. The van der Waals surface area contributed by atoms with Crippen LogP contribution in [0.3, 0.4) is 0 Å². The van der Waals surface area contributed by atoms with E-state index < -0.39 is 0 Å². The maximum atomic E-state index is 5.52. The van der Waals surface area contributed by atoms with Crippen molar-refractivity contribution >= 4 is 5.95 Å². The van der Waals surface area contributed by atoms with Gasteiger partial charge in [0, 0.05) is 39.1 Å². The van der Waals surface area contributed by atoms with E-state index in [1.54, 1.807) is 30.4 Å². The number of ether oxygens (including phenoxy) is 2. The van der Waals surface area contributed by atoms with E-state index in [2.05, 4.69) is 25.3 Å². The number of imidazole rings is 1. The Morgan fingerprint density at radius 1 is 1.25 bits per heavy atom. The Hall–Kier alpha value is -2.22. The minimum absolute atomic E-state index is 0.288. The molecule has 0 atom stereocenters. The molecular formula is C12H18N6O2. The van der Waals surface area contributed by atoms with Crippen molar-refractivity contribution in [1.29, 1.82) is 0 Å². The molecule has 0 amide bonds. The lowest BCUT2D eigenvalue weighted by Crippen LogP contribution is -2.11. The maximum absolute atomic E-state index is 5.52. The predicted octanol–water partition coefficient (Wildman–Crippen LogP) is 0.904. The van der Waals surface area contributed by atoms with Gasteiger partial charge >= 0.3 is 6.01 Å². The first-order valence-electron chi connectivity index (χ1n) is 6.43. The van der Waals surface area contributed by atoms with Crippen LogP contribution in [0.4, 0.5) is 5.95 Å². The number of rotatable bonds is 8. The molecule has 0 radical (unpaired) electrons. The Morgan fingerprint density at radius 2 is 2.15 bits per heavy atom. The second-order valence-corrected chi connectivity index (χ2v) is 3.94. The van der Waals surface area contributed by atoms with Gasteiger partial charge in [0.15, 0.2) is 0 Å². The highest BCUT2D eigenvalue weighted by Crippen LogP contribution is 2.11. The highest BCUT2D eigenvalue weighted by Gasteiger charge is 2.08. The SMILES string of the molecule is CCNc1nc(OCCCOC)nc(-n2ccnc2)n1. The van der Waals surface area contributed by atoms with E-state index in [0.717, 1.165) is 13.0 Å². The molecule has 0 spiro atoms. The molecule has 20 heavy (non-hydrogen) atoms. The Morgan fingerprint density at radius 3 is 2.85 bits per heavy atom. The number of hydrogen-bond acceptors (Lipinski definition) is 7. The summed E-state index contributed by atoms with van der Waals surface area (Å²) in [7, 11) is 1.66. The summed E-state index contributed by atoms with van der Waals surface area (Å²) in [6, 6.07) is 0.288. The fourth-order valence-electron chi connectivity index (χ4n) is 1.51. The lowest BCUT2D eigenvalue weighted by atomic mass is 10.5. The number of hydrogen-bond donors (Lipinski definition) is 1. The quantitative estimate of drug-likeness (QED) is 0.718. The Balaban J connectivity index is 2.13. The highest BCUT2D eigenvalue weighted by atomic mass is 16.5. The van der Waals surface area contributed by atoms with Crippen molar-refractivity contribution in [1.82, 2.24) is 24.5 Å². The Kier molecular flexibility index (Phi) is 5.24. The monoisotopic (exact) mass is 278 g/mol. The van der Waals surface area contributed by atoms with Crippen molar-refractivity contribution in [3.8, 4) is 12.0 Å². The van der Waals surface area contributed by atoms with Crippen molar-refractivity contribution in [2.75, 3.05) is 32.2 Å². The summed E-state index contributed by atoms with van der Waals surface area (Å²) >= 11 is 0. The molecule has 0 saturated heterocycles. The van der Waals surface area contributed by atoms with Gasteiger partial charge in [0.05, 0.1) is 6.61 Å². The van der Waals surface area contributed by atoms with Gasteiger partial charge in [0.25, 0.3) is 0 Å². The van der Waals surface area contributed by atoms with Crippen molar-refractivity contribution in [2.24, 2.45) is 0 Å². The molecule has 8 heteroatoms. The van der Waals surface area contributed by atoms with E-state index >= 15 is 0 Å². The standard InChI is InChI=1S/C12H18N6O2/c1-3-14-10-15-11(18-6-5-13-9-18)17-12(16-10)20-8-4-7-19-2/h5-6,9H,3-4,7-8H2,1-2H3,(H,14,15,16,17). The number of methoxy groups -OCH3 is 1. The minimum atomic E-state index is 0.288. The van der Waals surface area contributed by atoms with Crippen LogP contribution in [0.25, 0.3) is 5.95 Å². The highest BCUT2D eigenvalue weighted by molar-refractivity contribution is 5.30. The first-order valence-corrected chi connectivity index (χ1v) is 6.43. The molecule has 2 rings (SSSR count). The second kappa shape index (κ2) is 7.39. The Labute approximate surface area is 117 Å². The summed E-state index contributed by atoms with van der Waals surface area (Å²) in [5.41, 5.74) is 0. The zero-order valence-corrected chi connectivity index (χ0v) is 11.6. The van der Waals surface area contributed by atoms with E-state index in [0.29, 0.717) is 25.1 Å². The molecule has 2 heterocycles. The maximum Gasteiger partial charge on any atom is 0.323 e. The molecule has 0 aliphatic heterocycles. The van der Waals surface area contributed by atoms with E-state index in [1.165, 1.54) is 0 Å². The molecule has 0 fully saturated rings. The van der Waals surface area contributed by atoms with Gasteiger partial charge < -0.3 is 14.8 Å².